The van der Waals surface area contributed by atoms with Crippen molar-refractivity contribution in [3.8, 4) is 0 Å². The van der Waals surface area contributed by atoms with E-state index in [1.165, 1.54) is 0 Å². The van der Waals surface area contributed by atoms with E-state index in [1.807, 2.05) is 9.80 Å². The SMILES string of the molecule is O=CN1CCN(C(=O)N2CCCC2)CC1. The summed E-state index contributed by atoms with van der Waals surface area (Å²) < 4.78 is 0. The second-order valence-corrected chi connectivity index (χ2v) is 4.11. The number of nitrogens with zero attached hydrogens (tertiary/aromatic N) is 3. The standard InChI is InChI=1S/C10H17N3O2/c14-9-11-5-7-13(8-6-11)10(15)12-3-1-2-4-12/h9H,1-8H2. The maximum absolute atomic E-state index is 11.9. The van der Waals surface area contributed by atoms with Crippen LogP contribution in [-0.4, -0.2) is 66.4 Å². The molecule has 0 aromatic rings. The second kappa shape index (κ2) is 4.51. The lowest BCUT2D eigenvalue weighted by molar-refractivity contribution is -0.119. The highest BCUT2D eigenvalue weighted by Gasteiger charge is 2.26. The Morgan fingerprint density at radius 1 is 0.867 bits per heavy atom. The third kappa shape index (κ3) is 2.22. The van der Waals surface area contributed by atoms with Crippen molar-refractivity contribution in [3.05, 3.63) is 0 Å². The van der Waals surface area contributed by atoms with Gasteiger partial charge < -0.3 is 14.7 Å². The van der Waals surface area contributed by atoms with Crippen LogP contribution in [0.25, 0.3) is 0 Å². The van der Waals surface area contributed by atoms with Gasteiger partial charge in [0.25, 0.3) is 0 Å². The van der Waals surface area contributed by atoms with Crippen LogP contribution in [-0.2, 0) is 4.79 Å². The zero-order valence-electron chi connectivity index (χ0n) is 8.89. The van der Waals surface area contributed by atoms with Crippen LogP contribution in [0.2, 0.25) is 0 Å². The van der Waals surface area contributed by atoms with E-state index in [1.54, 1.807) is 4.90 Å². The van der Waals surface area contributed by atoms with Gasteiger partial charge in [0.05, 0.1) is 0 Å². The van der Waals surface area contributed by atoms with Crippen LogP contribution in [0.3, 0.4) is 0 Å². The summed E-state index contributed by atoms with van der Waals surface area (Å²) in [5.74, 6) is 0. The van der Waals surface area contributed by atoms with Crippen LogP contribution in [0.15, 0.2) is 0 Å². The molecular formula is C10H17N3O2. The Balaban J connectivity index is 1.84. The summed E-state index contributed by atoms with van der Waals surface area (Å²) >= 11 is 0. The molecular weight excluding hydrogens is 194 g/mol. The van der Waals surface area contributed by atoms with E-state index in [0.717, 1.165) is 32.3 Å². The van der Waals surface area contributed by atoms with Crippen molar-refractivity contribution in [2.75, 3.05) is 39.3 Å². The molecule has 2 saturated heterocycles. The molecule has 0 saturated carbocycles. The quantitative estimate of drug-likeness (QED) is 0.572. The molecule has 15 heavy (non-hydrogen) atoms. The van der Waals surface area contributed by atoms with Crippen molar-refractivity contribution in [2.45, 2.75) is 12.8 Å². The fourth-order valence-corrected chi connectivity index (χ4v) is 2.13. The third-order valence-corrected chi connectivity index (χ3v) is 3.11. The summed E-state index contributed by atoms with van der Waals surface area (Å²) in [5.41, 5.74) is 0. The summed E-state index contributed by atoms with van der Waals surface area (Å²) in [4.78, 5) is 27.9. The van der Waals surface area contributed by atoms with Crippen LogP contribution >= 0.6 is 0 Å². The van der Waals surface area contributed by atoms with E-state index < -0.39 is 0 Å². The topological polar surface area (TPSA) is 43.9 Å². The maximum atomic E-state index is 11.9. The average Bonchev–Trinajstić information content (AvgIpc) is 2.82. The van der Waals surface area contributed by atoms with Gasteiger partial charge in [-0.15, -0.1) is 0 Å². The Hall–Kier alpha value is -1.26. The third-order valence-electron chi connectivity index (χ3n) is 3.11. The largest absolute Gasteiger partial charge is 0.342 e. The first-order valence-electron chi connectivity index (χ1n) is 5.54. The van der Waals surface area contributed by atoms with Crippen LogP contribution in [0.4, 0.5) is 4.79 Å². The first-order valence-corrected chi connectivity index (χ1v) is 5.54. The van der Waals surface area contributed by atoms with Crippen molar-refractivity contribution in [1.82, 2.24) is 14.7 Å². The minimum Gasteiger partial charge on any atom is -0.342 e. The van der Waals surface area contributed by atoms with Gasteiger partial charge in [-0.25, -0.2) is 4.79 Å². The first-order chi connectivity index (χ1) is 7.31. The predicted molar refractivity (Wildman–Crippen MR) is 55.4 cm³/mol. The predicted octanol–water partition coefficient (Wildman–Crippen LogP) is -0.0238. The molecule has 2 rings (SSSR count). The molecule has 84 valence electrons. The number of urea groups is 1. The highest BCUT2D eigenvalue weighted by atomic mass is 16.2. The van der Waals surface area contributed by atoms with Gasteiger partial charge in [-0.05, 0) is 12.8 Å². The number of piperazine rings is 1. The van der Waals surface area contributed by atoms with Gasteiger partial charge in [-0.2, -0.15) is 0 Å². The lowest BCUT2D eigenvalue weighted by Gasteiger charge is -2.34. The molecule has 2 heterocycles. The molecule has 0 spiro atoms. The van der Waals surface area contributed by atoms with Gasteiger partial charge in [-0.3, -0.25) is 4.79 Å². The lowest BCUT2D eigenvalue weighted by Crippen LogP contribution is -2.51. The molecule has 0 atom stereocenters. The van der Waals surface area contributed by atoms with E-state index >= 15 is 0 Å². The summed E-state index contributed by atoms with van der Waals surface area (Å²) in [6, 6.07) is 0.151. The number of rotatable bonds is 1. The number of likely N-dealkylation sites (tertiary alicyclic amines) is 1. The molecule has 0 N–H and O–H groups in total. The molecule has 0 aromatic heterocycles. The summed E-state index contributed by atoms with van der Waals surface area (Å²) in [7, 11) is 0. The minimum absolute atomic E-state index is 0.151. The van der Waals surface area contributed by atoms with E-state index in [0.29, 0.717) is 26.2 Å². The Morgan fingerprint density at radius 3 is 1.93 bits per heavy atom. The molecule has 0 aliphatic carbocycles. The number of hydrogen-bond acceptors (Lipinski definition) is 2. The Kier molecular flexibility index (Phi) is 3.08. The highest BCUT2D eigenvalue weighted by molar-refractivity contribution is 5.75. The van der Waals surface area contributed by atoms with Gasteiger partial charge in [0.2, 0.25) is 6.41 Å². The van der Waals surface area contributed by atoms with Crippen molar-refractivity contribution in [3.63, 3.8) is 0 Å². The van der Waals surface area contributed by atoms with Gasteiger partial charge in [-0.1, -0.05) is 0 Å². The van der Waals surface area contributed by atoms with Crippen LogP contribution in [0, 0.1) is 0 Å². The first kappa shape index (κ1) is 10.3. The zero-order chi connectivity index (χ0) is 10.7. The summed E-state index contributed by atoms with van der Waals surface area (Å²) in [5, 5.41) is 0. The fourth-order valence-electron chi connectivity index (χ4n) is 2.13. The number of hydrogen-bond donors (Lipinski definition) is 0. The van der Waals surface area contributed by atoms with Gasteiger partial charge in [0.15, 0.2) is 0 Å². The van der Waals surface area contributed by atoms with Crippen molar-refractivity contribution in [1.29, 1.82) is 0 Å². The van der Waals surface area contributed by atoms with E-state index in [2.05, 4.69) is 0 Å². The molecule has 0 unspecified atom stereocenters. The minimum atomic E-state index is 0.151. The molecule has 5 nitrogen and oxygen atoms in total. The van der Waals surface area contributed by atoms with Crippen molar-refractivity contribution < 1.29 is 9.59 Å². The molecule has 3 amide bonds. The van der Waals surface area contributed by atoms with Crippen molar-refractivity contribution >= 4 is 12.4 Å². The van der Waals surface area contributed by atoms with Gasteiger partial charge >= 0.3 is 6.03 Å². The Bertz CT molecular complexity index is 243. The van der Waals surface area contributed by atoms with Crippen LogP contribution < -0.4 is 0 Å². The molecule has 0 radical (unpaired) electrons. The Labute approximate surface area is 89.6 Å². The van der Waals surface area contributed by atoms with E-state index in [9.17, 15) is 9.59 Å². The monoisotopic (exact) mass is 211 g/mol. The molecule has 2 aliphatic rings. The molecule has 2 fully saturated rings. The van der Waals surface area contributed by atoms with Crippen molar-refractivity contribution in [2.24, 2.45) is 0 Å². The normalized spacial score (nSPS) is 22.0. The number of amides is 3. The molecule has 2 aliphatic heterocycles. The summed E-state index contributed by atoms with van der Waals surface area (Å²) in [6.45, 7) is 4.48. The average molecular weight is 211 g/mol. The number of carbonyl (C=O) groups is 2. The molecule has 0 bridgehead atoms. The Morgan fingerprint density at radius 2 is 1.40 bits per heavy atom. The lowest BCUT2D eigenvalue weighted by atomic mass is 10.3. The van der Waals surface area contributed by atoms with E-state index in [4.69, 9.17) is 0 Å². The molecule has 5 heteroatoms. The smallest absolute Gasteiger partial charge is 0.320 e. The highest BCUT2D eigenvalue weighted by Crippen LogP contribution is 2.11. The number of carbonyl (C=O) groups excluding carboxylic acids is 2. The zero-order valence-corrected chi connectivity index (χ0v) is 8.89. The van der Waals surface area contributed by atoms with Gasteiger partial charge in [0.1, 0.15) is 0 Å². The van der Waals surface area contributed by atoms with E-state index in [-0.39, 0.29) is 6.03 Å². The maximum Gasteiger partial charge on any atom is 0.320 e. The van der Waals surface area contributed by atoms with Crippen LogP contribution in [0.5, 0.6) is 0 Å². The van der Waals surface area contributed by atoms with Gasteiger partial charge in [0, 0.05) is 39.3 Å². The summed E-state index contributed by atoms with van der Waals surface area (Å²) in [6.07, 6.45) is 3.11. The second-order valence-electron chi connectivity index (χ2n) is 4.11. The van der Waals surface area contributed by atoms with Crippen LogP contribution in [0.1, 0.15) is 12.8 Å². The fraction of sp³-hybridized carbons (Fsp3) is 0.800. The molecule has 0 aromatic carbocycles.